The number of pyridine rings is 1. The van der Waals surface area contributed by atoms with E-state index in [2.05, 4.69) is 27.3 Å². The normalized spacial score (nSPS) is 19.0. The van der Waals surface area contributed by atoms with Gasteiger partial charge in [0.05, 0.1) is 5.56 Å². The van der Waals surface area contributed by atoms with Crippen LogP contribution in [-0.2, 0) is 12.7 Å². The molecule has 1 unspecified atom stereocenters. The second-order valence-electron chi connectivity index (χ2n) is 5.75. The van der Waals surface area contributed by atoms with Crippen LogP contribution in [0.15, 0.2) is 48.7 Å². The predicted molar refractivity (Wildman–Crippen MR) is 83.0 cm³/mol. The zero-order chi connectivity index (χ0) is 16.3. The van der Waals surface area contributed by atoms with Crippen molar-refractivity contribution in [3.8, 4) is 0 Å². The molecule has 0 bridgehead atoms. The number of halogens is 3. The van der Waals surface area contributed by atoms with Crippen molar-refractivity contribution in [3.63, 3.8) is 0 Å². The van der Waals surface area contributed by atoms with Gasteiger partial charge in [-0.3, -0.25) is 4.90 Å². The van der Waals surface area contributed by atoms with Gasteiger partial charge in [-0.15, -0.1) is 0 Å². The molecule has 23 heavy (non-hydrogen) atoms. The van der Waals surface area contributed by atoms with Crippen molar-refractivity contribution in [1.82, 2.24) is 9.88 Å². The summed E-state index contributed by atoms with van der Waals surface area (Å²) >= 11 is 0. The van der Waals surface area contributed by atoms with Crippen molar-refractivity contribution in [1.29, 1.82) is 0 Å². The van der Waals surface area contributed by atoms with Gasteiger partial charge in [0.25, 0.3) is 0 Å². The van der Waals surface area contributed by atoms with E-state index < -0.39 is 11.7 Å². The molecule has 122 valence electrons. The average Bonchev–Trinajstić information content (AvgIpc) is 2.95. The second kappa shape index (κ2) is 6.58. The van der Waals surface area contributed by atoms with Gasteiger partial charge in [0.2, 0.25) is 0 Å². The molecular formula is C17H18F3N3. The Bertz CT molecular complexity index is 643. The smallest absolute Gasteiger partial charge is 0.365 e. The van der Waals surface area contributed by atoms with Crippen molar-refractivity contribution in [3.05, 3.63) is 59.8 Å². The number of benzene rings is 1. The van der Waals surface area contributed by atoms with E-state index in [1.807, 2.05) is 18.2 Å². The molecule has 1 fully saturated rings. The number of rotatable bonds is 4. The van der Waals surface area contributed by atoms with Crippen molar-refractivity contribution < 1.29 is 13.2 Å². The van der Waals surface area contributed by atoms with Crippen molar-refractivity contribution >= 4 is 5.82 Å². The number of aromatic nitrogens is 1. The van der Waals surface area contributed by atoms with Crippen LogP contribution in [0.25, 0.3) is 0 Å². The standard InChI is InChI=1S/C17H18F3N3/c18-17(19,20)15-7-4-9-21-16(15)22-14-8-10-23(12-14)11-13-5-2-1-3-6-13/h1-7,9,14H,8,10-12H2,(H,21,22). The highest BCUT2D eigenvalue weighted by Crippen LogP contribution is 2.34. The Labute approximate surface area is 133 Å². The number of nitrogens with zero attached hydrogens (tertiary/aromatic N) is 2. The predicted octanol–water partition coefficient (Wildman–Crippen LogP) is 3.79. The van der Waals surface area contributed by atoms with Crippen LogP contribution in [0, 0.1) is 0 Å². The van der Waals surface area contributed by atoms with Gasteiger partial charge in [0.15, 0.2) is 0 Å². The highest BCUT2D eigenvalue weighted by molar-refractivity contribution is 5.46. The molecule has 0 radical (unpaired) electrons. The van der Waals surface area contributed by atoms with E-state index in [9.17, 15) is 13.2 Å². The Morgan fingerprint density at radius 3 is 2.65 bits per heavy atom. The van der Waals surface area contributed by atoms with Crippen LogP contribution in [0.5, 0.6) is 0 Å². The molecule has 0 amide bonds. The lowest BCUT2D eigenvalue weighted by atomic mass is 10.2. The maximum atomic E-state index is 13.0. The monoisotopic (exact) mass is 321 g/mol. The Morgan fingerprint density at radius 2 is 1.91 bits per heavy atom. The Hall–Kier alpha value is -2.08. The van der Waals surface area contributed by atoms with Crippen molar-refractivity contribution in [2.24, 2.45) is 0 Å². The highest BCUT2D eigenvalue weighted by atomic mass is 19.4. The minimum atomic E-state index is -4.39. The average molecular weight is 321 g/mol. The molecule has 1 aliphatic rings. The molecule has 1 aromatic heterocycles. The summed E-state index contributed by atoms with van der Waals surface area (Å²) in [5.74, 6) is -0.0773. The topological polar surface area (TPSA) is 28.2 Å². The second-order valence-corrected chi connectivity index (χ2v) is 5.75. The quantitative estimate of drug-likeness (QED) is 0.929. The van der Waals surface area contributed by atoms with E-state index in [1.54, 1.807) is 0 Å². The molecule has 6 heteroatoms. The summed E-state index contributed by atoms with van der Waals surface area (Å²) < 4.78 is 39.0. The fourth-order valence-electron chi connectivity index (χ4n) is 2.88. The molecule has 1 aliphatic heterocycles. The number of anilines is 1. The molecule has 0 saturated carbocycles. The Kier molecular flexibility index (Phi) is 4.52. The SMILES string of the molecule is FC(F)(F)c1cccnc1NC1CCN(Cc2ccccc2)C1. The Morgan fingerprint density at radius 1 is 1.13 bits per heavy atom. The lowest BCUT2D eigenvalue weighted by Gasteiger charge is -2.19. The third kappa shape index (κ3) is 4.01. The van der Waals surface area contributed by atoms with E-state index in [-0.39, 0.29) is 11.9 Å². The van der Waals surface area contributed by atoms with Crippen LogP contribution in [0.3, 0.4) is 0 Å². The number of likely N-dealkylation sites (tertiary alicyclic amines) is 1. The van der Waals surface area contributed by atoms with Gasteiger partial charge in [-0.05, 0) is 24.1 Å². The largest absolute Gasteiger partial charge is 0.419 e. The summed E-state index contributed by atoms with van der Waals surface area (Å²) in [5, 5.41) is 2.96. The molecule has 1 atom stereocenters. The summed E-state index contributed by atoms with van der Waals surface area (Å²) in [6.45, 7) is 2.39. The van der Waals surface area contributed by atoms with E-state index in [4.69, 9.17) is 0 Å². The van der Waals surface area contributed by atoms with Gasteiger partial charge >= 0.3 is 6.18 Å². The first-order valence-corrected chi connectivity index (χ1v) is 7.57. The van der Waals surface area contributed by atoms with Gasteiger partial charge < -0.3 is 5.32 Å². The maximum absolute atomic E-state index is 13.0. The van der Waals surface area contributed by atoms with Crippen LogP contribution < -0.4 is 5.32 Å². The maximum Gasteiger partial charge on any atom is 0.419 e. The van der Waals surface area contributed by atoms with Gasteiger partial charge in [-0.1, -0.05) is 30.3 Å². The summed E-state index contributed by atoms with van der Waals surface area (Å²) in [6.07, 6.45) is -2.20. The zero-order valence-electron chi connectivity index (χ0n) is 12.6. The first-order valence-electron chi connectivity index (χ1n) is 7.57. The summed E-state index contributed by atoms with van der Waals surface area (Å²) in [6, 6.07) is 12.4. The van der Waals surface area contributed by atoms with Crippen LogP contribution in [0.1, 0.15) is 17.5 Å². The van der Waals surface area contributed by atoms with Crippen LogP contribution in [-0.4, -0.2) is 29.0 Å². The summed E-state index contributed by atoms with van der Waals surface area (Å²) in [5.41, 5.74) is 0.503. The Balaban J connectivity index is 1.63. The molecule has 3 rings (SSSR count). The molecule has 0 spiro atoms. The number of hydrogen-bond donors (Lipinski definition) is 1. The number of alkyl halides is 3. The van der Waals surface area contributed by atoms with Gasteiger partial charge in [0, 0.05) is 31.9 Å². The number of hydrogen-bond acceptors (Lipinski definition) is 3. The third-order valence-electron chi connectivity index (χ3n) is 3.98. The van der Waals surface area contributed by atoms with Gasteiger partial charge in [0.1, 0.15) is 5.82 Å². The molecule has 2 heterocycles. The first kappa shape index (κ1) is 15.8. The van der Waals surface area contributed by atoms with Gasteiger partial charge in [-0.2, -0.15) is 13.2 Å². The van der Waals surface area contributed by atoms with E-state index in [0.29, 0.717) is 6.54 Å². The van der Waals surface area contributed by atoms with Crippen LogP contribution in [0.4, 0.5) is 19.0 Å². The molecule has 2 aromatic rings. The highest BCUT2D eigenvalue weighted by Gasteiger charge is 2.35. The number of nitrogens with one attached hydrogen (secondary N) is 1. The summed E-state index contributed by atoms with van der Waals surface area (Å²) in [4.78, 5) is 6.11. The van der Waals surface area contributed by atoms with Crippen LogP contribution in [0.2, 0.25) is 0 Å². The third-order valence-corrected chi connectivity index (χ3v) is 3.98. The molecular weight excluding hydrogens is 303 g/mol. The zero-order valence-corrected chi connectivity index (χ0v) is 12.6. The minimum absolute atomic E-state index is 0.0188. The van der Waals surface area contributed by atoms with Crippen molar-refractivity contribution in [2.75, 3.05) is 18.4 Å². The fraction of sp³-hybridized carbons (Fsp3) is 0.353. The van der Waals surface area contributed by atoms with Crippen molar-refractivity contribution in [2.45, 2.75) is 25.2 Å². The molecule has 1 saturated heterocycles. The molecule has 3 nitrogen and oxygen atoms in total. The fourth-order valence-corrected chi connectivity index (χ4v) is 2.88. The van der Waals surface area contributed by atoms with E-state index in [0.717, 1.165) is 25.6 Å². The lowest BCUT2D eigenvalue weighted by Crippen LogP contribution is -2.27. The first-order chi connectivity index (χ1) is 11.0. The molecule has 1 aromatic carbocycles. The summed E-state index contributed by atoms with van der Waals surface area (Å²) in [7, 11) is 0. The van der Waals surface area contributed by atoms with Gasteiger partial charge in [-0.25, -0.2) is 4.98 Å². The van der Waals surface area contributed by atoms with E-state index in [1.165, 1.54) is 17.8 Å². The van der Waals surface area contributed by atoms with Crippen LogP contribution >= 0.6 is 0 Å². The molecule has 0 aliphatic carbocycles. The van der Waals surface area contributed by atoms with E-state index >= 15 is 0 Å². The lowest BCUT2D eigenvalue weighted by molar-refractivity contribution is -0.137. The minimum Gasteiger partial charge on any atom is -0.365 e. The molecule has 1 N–H and O–H groups in total.